The second-order valence-corrected chi connectivity index (χ2v) is 5.51. The number of hydrogen-bond donors (Lipinski definition) is 1. The first-order valence-electron chi connectivity index (χ1n) is 5.97. The zero-order valence-electron chi connectivity index (χ0n) is 10.8. The summed E-state index contributed by atoms with van der Waals surface area (Å²) in [7, 11) is 0. The maximum absolute atomic E-state index is 10.6. The molecule has 0 aliphatic rings. The summed E-state index contributed by atoms with van der Waals surface area (Å²) in [6.45, 7) is 0.321. The van der Waals surface area contributed by atoms with E-state index in [2.05, 4.69) is 20.9 Å². The Balaban J connectivity index is 2.17. The molecule has 0 bridgehead atoms. The molecule has 108 valence electrons. The molecule has 0 saturated carbocycles. The van der Waals surface area contributed by atoms with Gasteiger partial charge in [-0.3, -0.25) is 4.98 Å². The maximum Gasteiger partial charge on any atom is 0.328 e. The van der Waals surface area contributed by atoms with Crippen LogP contribution >= 0.6 is 27.5 Å². The number of benzene rings is 1. The van der Waals surface area contributed by atoms with Gasteiger partial charge in [0.2, 0.25) is 0 Å². The highest BCUT2D eigenvalue weighted by Crippen LogP contribution is 2.25. The van der Waals surface area contributed by atoms with Crippen molar-refractivity contribution in [2.45, 2.75) is 6.61 Å². The fraction of sp³-hybridized carbons (Fsp3) is 0.0667. The minimum Gasteiger partial charge on any atom is -0.488 e. The van der Waals surface area contributed by atoms with Crippen molar-refractivity contribution in [2.24, 2.45) is 0 Å². The Morgan fingerprint density at radius 3 is 2.90 bits per heavy atom. The second kappa shape index (κ2) is 7.24. The molecular weight excluding hydrogens is 358 g/mol. The fourth-order valence-electron chi connectivity index (χ4n) is 1.64. The Morgan fingerprint density at radius 1 is 1.38 bits per heavy atom. The molecule has 0 aliphatic heterocycles. The Morgan fingerprint density at radius 2 is 2.19 bits per heavy atom. The summed E-state index contributed by atoms with van der Waals surface area (Å²) in [5.74, 6) is -0.478. The van der Waals surface area contributed by atoms with Crippen LogP contribution in [0.25, 0.3) is 6.08 Å². The van der Waals surface area contributed by atoms with Gasteiger partial charge in [-0.25, -0.2) is 4.79 Å². The molecule has 1 aromatic heterocycles. The van der Waals surface area contributed by atoms with Crippen LogP contribution in [0, 0.1) is 0 Å². The smallest absolute Gasteiger partial charge is 0.328 e. The summed E-state index contributed by atoms with van der Waals surface area (Å²) >= 11 is 9.26. The number of halogens is 2. The number of carboxylic acids is 1. The molecule has 1 heterocycles. The third kappa shape index (κ3) is 4.88. The van der Waals surface area contributed by atoms with Crippen molar-refractivity contribution in [3.8, 4) is 5.75 Å². The number of rotatable bonds is 5. The number of carbonyl (C=O) groups is 1. The Hall–Kier alpha value is -1.85. The molecule has 1 N–H and O–H groups in total. The first kappa shape index (κ1) is 15.5. The average Bonchev–Trinajstić information content (AvgIpc) is 2.44. The van der Waals surface area contributed by atoms with E-state index in [9.17, 15) is 4.79 Å². The van der Waals surface area contributed by atoms with Gasteiger partial charge in [0.25, 0.3) is 0 Å². The molecule has 0 atom stereocenters. The number of ether oxygens (including phenoxy) is 1. The average molecular weight is 369 g/mol. The molecule has 6 heteroatoms. The van der Waals surface area contributed by atoms with Gasteiger partial charge < -0.3 is 9.84 Å². The van der Waals surface area contributed by atoms with Crippen molar-refractivity contribution in [3.05, 3.63) is 63.4 Å². The first-order chi connectivity index (χ1) is 10.0. The number of carboxylic acid groups (broad SMARTS) is 1. The highest BCUT2D eigenvalue weighted by atomic mass is 79.9. The van der Waals surface area contributed by atoms with Crippen molar-refractivity contribution in [2.75, 3.05) is 0 Å². The lowest BCUT2D eigenvalue weighted by Gasteiger charge is -2.09. The van der Waals surface area contributed by atoms with E-state index in [1.807, 2.05) is 6.07 Å². The Kier molecular flexibility index (Phi) is 5.36. The lowest BCUT2D eigenvalue weighted by atomic mass is 10.2. The van der Waals surface area contributed by atoms with Crippen molar-refractivity contribution < 1.29 is 14.6 Å². The molecule has 0 fully saturated rings. The quantitative estimate of drug-likeness (QED) is 0.805. The van der Waals surface area contributed by atoms with Crippen LogP contribution in [0.2, 0.25) is 5.02 Å². The fourth-order valence-corrected chi connectivity index (χ4v) is 2.23. The predicted octanol–water partition coefficient (Wildman–Crippen LogP) is 4.17. The predicted molar refractivity (Wildman–Crippen MR) is 84.4 cm³/mol. The molecule has 0 spiro atoms. The molecule has 4 nitrogen and oxygen atoms in total. The molecule has 0 amide bonds. The van der Waals surface area contributed by atoms with Gasteiger partial charge >= 0.3 is 5.97 Å². The van der Waals surface area contributed by atoms with Crippen LogP contribution in [0.5, 0.6) is 5.75 Å². The first-order valence-corrected chi connectivity index (χ1v) is 7.14. The summed E-state index contributed by atoms with van der Waals surface area (Å²) < 4.78 is 6.57. The van der Waals surface area contributed by atoms with E-state index in [-0.39, 0.29) is 0 Å². The molecule has 2 rings (SSSR count). The number of nitrogens with zero attached hydrogens (tertiary/aromatic N) is 1. The lowest BCUT2D eigenvalue weighted by molar-refractivity contribution is -0.131. The van der Waals surface area contributed by atoms with Gasteiger partial charge in [-0.15, -0.1) is 0 Å². The van der Waals surface area contributed by atoms with Gasteiger partial charge in [-0.05, 0) is 46.3 Å². The normalized spacial score (nSPS) is 10.8. The highest BCUT2D eigenvalue weighted by molar-refractivity contribution is 9.10. The molecular formula is C15H11BrClNO3. The number of aliphatic carboxylic acids is 1. The van der Waals surface area contributed by atoms with E-state index in [1.54, 1.807) is 30.6 Å². The Bertz CT molecular complexity index is 688. The minimum absolute atomic E-state index is 0.321. The van der Waals surface area contributed by atoms with E-state index in [0.29, 0.717) is 22.9 Å². The van der Waals surface area contributed by atoms with Gasteiger partial charge in [-0.2, -0.15) is 0 Å². The van der Waals surface area contributed by atoms with Gasteiger partial charge in [0.15, 0.2) is 0 Å². The van der Waals surface area contributed by atoms with Gasteiger partial charge in [-0.1, -0.05) is 11.6 Å². The third-order valence-corrected chi connectivity index (χ3v) is 3.20. The number of aromatic nitrogens is 1. The van der Waals surface area contributed by atoms with Crippen molar-refractivity contribution >= 4 is 39.6 Å². The van der Waals surface area contributed by atoms with Crippen molar-refractivity contribution in [1.29, 1.82) is 0 Å². The zero-order chi connectivity index (χ0) is 15.2. The van der Waals surface area contributed by atoms with Crippen LogP contribution in [0.15, 0.2) is 47.2 Å². The molecule has 2 aromatic rings. The van der Waals surface area contributed by atoms with E-state index < -0.39 is 5.97 Å². The van der Waals surface area contributed by atoms with Crippen LogP contribution in [0.1, 0.15) is 11.1 Å². The van der Waals surface area contributed by atoms with Crippen LogP contribution in [0.3, 0.4) is 0 Å². The van der Waals surface area contributed by atoms with E-state index in [4.69, 9.17) is 21.4 Å². The summed E-state index contributed by atoms with van der Waals surface area (Å²) in [4.78, 5) is 14.7. The SMILES string of the molecule is O=C(O)/C=C/c1cc(Cl)ccc1OCc1cncc(Br)c1. The van der Waals surface area contributed by atoms with Crippen molar-refractivity contribution in [3.63, 3.8) is 0 Å². The zero-order valence-corrected chi connectivity index (χ0v) is 13.1. The lowest BCUT2D eigenvalue weighted by Crippen LogP contribution is -1.98. The minimum atomic E-state index is -1.03. The monoisotopic (exact) mass is 367 g/mol. The third-order valence-electron chi connectivity index (χ3n) is 2.53. The molecule has 21 heavy (non-hydrogen) atoms. The van der Waals surface area contributed by atoms with Crippen molar-refractivity contribution in [1.82, 2.24) is 4.98 Å². The number of hydrogen-bond acceptors (Lipinski definition) is 3. The summed E-state index contributed by atoms with van der Waals surface area (Å²) in [6.07, 6.45) is 5.88. The van der Waals surface area contributed by atoms with Crippen LogP contribution in [-0.4, -0.2) is 16.1 Å². The molecule has 0 unspecified atom stereocenters. The Labute approximate surface area is 135 Å². The molecule has 0 saturated heterocycles. The molecule has 1 aromatic carbocycles. The van der Waals surface area contributed by atoms with Gasteiger partial charge in [0.1, 0.15) is 12.4 Å². The summed E-state index contributed by atoms with van der Waals surface area (Å²) in [5, 5.41) is 9.21. The standard InChI is InChI=1S/C15H11BrClNO3/c16-12-5-10(7-18-8-12)9-21-14-3-2-13(17)6-11(14)1-4-15(19)20/h1-8H,9H2,(H,19,20)/b4-1+. The number of pyridine rings is 1. The summed E-state index contributed by atoms with van der Waals surface area (Å²) in [6, 6.07) is 6.94. The highest BCUT2D eigenvalue weighted by Gasteiger charge is 2.04. The van der Waals surface area contributed by atoms with Crippen LogP contribution < -0.4 is 4.74 Å². The van der Waals surface area contributed by atoms with Crippen LogP contribution in [-0.2, 0) is 11.4 Å². The topological polar surface area (TPSA) is 59.4 Å². The van der Waals surface area contributed by atoms with Gasteiger partial charge in [0.05, 0.1) is 0 Å². The second-order valence-electron chi connectivity index (χ2n) is 4.15. The van der Waals surface area contributed by atoms with Crippen LogP contribution in [0.4, 0.5) is 0 Å². The molecule has 0 aliphatic carbocycles. The maximum atomic E-state index is 10.6. The van der Waals surface area contributed by atoms with E-state index in [0.717, 1.165) is 16.1 Å². The summed E-state index contributed by atoms with van der Waals surface area (Å²) in [5.41, 5.74) is 1.50. The van der Waals surface area contributed by atoms with Gasteiger partial charge in [0, 0.05) is 39.1 Å². The van der Waals surface area contributed by atoms with E-state index in [1.165, 1.54) is 6.08 Å². The largest absolute Gasteiger partial charge is 0.488 e. The molecule has 0 radical (unpaired) electrons. The van der Waals surface area contributed by atoms with E-state index >= 15 is 0 Å².